The number of halogens is 4. The summed E-state index contributed by atoms with van der Waals surface area (Å²) < 4.78 is 42.2. The van der Waals surface area contributed by atoms with Crippen LogP contribution in [-0.2, 0) is 11.9 Å². The third kappa shape index (κ3) is 4.21. The first-order valence-corrected chi connectivity index (χ1v) is 9.47. The molecule has 0 atom stereocenters. The summed E-state index contributed by atoms with van der Waals surface area (Å²) in [6, 6.07) is 14.8. The minimum absolute atomic E-state index is 0.191. The van der Waals surface area contributed by atoms with Crippen molar-refractivity contribution in [1.29, 1.82) is 5.26 Å². The molecule has 3 rings (SSSR count). The van der Waals surface area contributed by atoms with Gasteiger partial charge in [-0.15, -0.1) is 11.8 Å². The number of benzene rings is 2. The molecular formula is C18H10ClF3N2S2. The number of thioether (sulfide) groups is 1. The second-order valence-electron chi connectivity index (χ2n) is 5.30. The van der Waals surface area contributed by atoms with Crippen LogP contribution in [0.3, 0.4) is 0 Å². The molecule has 0 spiro atoms. The molecule has 1 aromatic heterocycles. The van der Waals surface area contributed by atoms with Crippen LogP contribution in [-0.4, -0.2) is 4.37 Å². The zero-order valence-corrected chi connectivity index (χ0v) is 15.4. The van der Waals surface area contributed by atoms with E-state index in [1.165, 1.54) is 17.8 Å². The van der Waals surface area contributed by atoms with Crippen molar-refractivity contribution in [1.82, 2.24) is 4.37 Å². The highest BCUT2D eigenvalue weighted by atomic mass is 35.5. The molecule has 0 amide bonds. The molecule has 8 heteroatoms. The van der Waals surface area contributed by atoms with Crippen LogP contribution in [0.25, 0.3) is 10.4 Å². The van der Waals surface area contributed by atoms with E-state index in [0.717, 1.165) is 34.8 Å². The Morgan fingerprint density at radius 1 is 1.15 bits per heavy atom. The second-order valence-corrected chi connectivity index (χ2v) is 7.48. The summed E-state index contributed by atoms with van der Waals surface area (Å²) in [4.78, 5) is 1.26. The van der Waals surface area contributed by atoms with Crippen LogP contribution in [0, 0.1) is 11.3 Å². The largest absolute Gasteiger partial charge is 0.416 e. The molecule has 0 unspecified atom stereocenters. The van der Waals surface area contributed by atoms with Gasteiger partial charge in [-0.1, -0.05) is 41.9 Å². The number of aromatic nitrogens is 1. The van der Waals surface area contributed by atoms with E-state index in [0.29, 0.717) is 21.1 Å². The average molecular weight is 411 g/mol. The molecule has 3 aromatic rings. The minimum Gasteiger partial charge on any atom is -0.192 e. The van der Waals surface area contributed by atoms with E-state index in [4.69, 9.17) is 16.9 Å². The predicted octanol–water partition coefficient (Wildman–Crippen LogP) is 6.65. The van der Waals surface area contributed by atoms with E-state index >= 15 is 0 Å². The molecule has 0 aliphatic heterocycles. The number of alkyl halides is 3. The molecule has 0 aliphatic carbocycles. The lowest BCUT2D eigenvalue weighted by atomic mass is 10.1. The van der Waals surface area contributed by atoms with Gasteiger partial charge in [0.25, 0.3) is 0 Å². The number of rotatable bonds is 4. The van der Waals surface area contributed by atoms with Crippen molar-refractivity contribution in [3.05, 3.63) is 70.4 Å². The van der Waals surface area contributed by atoms with Crippen LogP contribution in [0.15, 0.2) is 53.4 Å². The maximum absolute atomic E-state index is 12.8. The van der Waals surface area contributed by atoms with Crippen molar-refractivity contribution in [2.75, 3.05) is 0 Å². The number of nitriles is 1. The molecule has 0 fully saturated rings. The molecule has 132 valence electrons. The van der Waals surface area contributed by atoms with Crippen molar-refractivity contribution in [3.63, 3.8) is 0 Å². The van der Waals surface area contributed by atoms with Gasteiger partial charge in [0.1, 0.15) is 11.6 Å². The Kier molecular flexibility index (Phi) is 5.56. The van der Waals surface area contributed by atoms with Crippen molar-refractivity contribution >= 4 is 34.9 Å². The lowest BCUT2D eigenvalue weighted by Crippen LogP contribution is -2.04. The fraction of sp³-hybridized carbons (Fsp3) is 0.111. The quantitative estimate of drug-likeness (QED) is 0.452. The fourth-order valence-electron chi connectivity index (χ4n) is 2.25. The monoisotopic (exact) mass is 410 g/mol. The van der Waals surface area contributed by atoms with Crippen LogP contribution >= 0.6 is 34.9 Å². The smallest absolute Gasteiger partial charge is 0.192 e. The van der Waals surface area contributed by atoms with Gasteiger partial charge in [-0.2, -0.15) is 22.8 Å². The van der Waals surface area contributed by atoms with E-state index in [2.05, 4.69) is 4.37 Å². The minimum atomic E-state index is -4.34. The summed E-state index contributed by atoms with van der Waals surface area (Å²) in [5.41, 5.74) is 1.50. The molecular weight excluding hydrogens is 401 g/mol. The highest BCUT2D eigenvalue weighted by Gasteiger charge is 2.30. The van der Waals surface area contributed by atoms with Crippen molar-refractivity contribution < 1.29 is 13.2 Å². The summed E-state index contributed by atoms with van der Waals surface area (Å²) in [5, 5.41) is 9.33. The van der Waals surface area contributed by atoms with Gasteiger partial charge in [0.15, 0.2) is 5.15 Å². The molecule has 0 aliphatic rings. The van der Waals surface area contributed by atoms with E-state index in [1.807, 2.05) is 30.3 Å². The van der Waals surface area contributed by atoms with Crippen LogP contribution in [0.2, 0.25) is 5.15 Å². The van der Waals surface area contributed by atoms with Crippen LogP contribution < -0.4 is 0 Å². The van der Waals surface area contributed by atoms with E-state index < -0.39 is 11.7 Å². The first kappa shape index (κ1) is 18.8. The normalized spacial score (nSPS) is 11.3. The van der Waals surface area contributed by atoms with Crippen LogP contribution in [0.1, 0.15) is 16.7 Å². The number of hydrogen-bond donors (Lipinski definition) is 0. The molecule has 0 radical (unpaired) electrons. The molecule has 0 saturated carbocycles. The zero-order valence-electron chi connectivity index (χ0n) is 13.0. The molecule has 0 bridgehead atoms. The van der Waals surface area contributed by atoms with Gasteiger partial charge in [-0.25, -0.2) is 0 Å². The van der Waals surface area contributed by atoms with Gasteiger partial charge < -0.3 is 0 Å². The Morgan fingerprint density at radius 2 is 1.88 bits per heavy atom. The molecule has 2 nitrogen and oxygen atoms in total. The summed E-state index contributed by atoms with van der Waals surface area (Å²) in [7, 11) is 0. The van der Waals surface area contributed by atoms with Crippen LogP contribution in [0.5, 0.6) is 0 Å². The van der Waals surface area contributed by atoms with Gasteiger partial charge in [-0.05, 0) is 40.9 Å². The Hall–Kier alpha value is -2.01. The summed E-state index contributed by atoms with van der Waals surface area (Å²) in [6.07, 6.45) is -4.34. The third-order valence-electron chi connectivity index (χ3n) is 3.55. The van der Waals surface area contributed by atoms with Gasteiger partial charge in [0.05, 0.1) is 10.4 Å². The van der Waals surface area contributed by atoms with Gasteiger partial charge >= 0.3 is 6.18 Å². The SMILES string of the molecule is N#Cc1c(Cl)nsc1-c1ccc(CSc2cccc(C(F)(F)F)c2)cc1. The average Bonchev–Trinajstić information content (AvgIpc) is 3.00. The molecule has 0 N–H and O–H groups in total. The van der Waals surface area contributed by atoms with Gasteiger partial charge in [-0.3, -0.25) is 0 Å². The Morgan fingerprint density at radius 3 is 2.54 bits per heavy atom. The Balaban J connectivity index is 1.72. The topological polar surface area (TPSA) is 36.7 Å². The number of nitrogens with zero attached hydrogens (tertiary/aromatic N) is 2. The first-order chi connectivity index (χ1) is 12.4. The first-order valence-electron chi connectivity index (χ1n) is 7.33. The lowest BCUT2D eigenvalue weighted by Gasteiger charge is -2.08. The van der Waals surface area contributed by atoms with E-state index in [9.17, 15) is 13.2 Å². The zero-order chi connectivity index (χ0) is 18.7. The standard InChI is InChI=1S/C18H10ClF3N2S2/c19-17-15(9-23)16(26-24-17)12-6-4-11(5-7-12)10-25-14-3-1-2-13(8-14)18(20,21)22/h1-8H,10H2. The van der Waals surface area contributed by atoms with E-state index in [1.54, 1.807) is 6.07 Å². The maximum atomic E-state index is 12.8. The van der Waals surface area contributed by atoms with Crippen LogP contribution in [0.4, 0.5) is 13.2 Å². The Labute approximate surface area is 161 Å². The van der Waals surface area contributed by atoms with Gasteiger partial charge in [0.2, 0.25) is 0 Å². The molecule has 26 heavy (non-hydrogen) atoms. The highest BCUT2D eigenvalue weighted by molar-refractivity contribution is 7.98. The van der Waals surface area contributed by atoms with Gasteiger partial charge in [0, 0.05) is 10.6 Å². The summed E-state index contributed by atoms with van der Waals surface area (Å²) in [6.45, 7) is 0. The molecule has 2 aromatic carbocycles. The summed E-state index contributed by atoms with van der Waals surface area (Å²) >= 11 is 8.37. The van der Waals surface area contributed by atoms with Crippen molar-refractivity contribution in [2.24, 2.45) is 0 Å². The second kappa shape index (κ2) is 7.70. The third-order valence-corrected chi connectivity index (χ3v) is 5.88. The van der Waals surface area contributed by atoms with Crippen molar-refractivity contribution in [2.45, 2.75) is 16.8 Å². The maximum Gasteiger partial charge on any atom is 0.416 e. The lowest BCUT2D eigenvalue weighted by molar-refractivity contribution is -0.137. The van der Waals surface area contributed by atoms with Crippen molar-refractivity contribution in [3.8, 4) is 16.5 Å². The number of hydrogen-bond acceptors (Lipinski definition) is 4. The predicted molar refractivity (Wildman–Crippen MR) is 98.3 cm³/mol. The Bertz CT molecular complexity index is 960. The fourth-order valence-corrected chi connectivity index (χ4v) is 4.19. The molecule has 0 saturated heterocycles. The molecule has 1 heterocycles. The highest BCUT2D eigenvalue weighted by Crippen LogP contribution is 2.34. The van der Waals surface area contributed by atoms with E-state index in [-0.39, 0.29) is 5.15 Å². The summed E-state index contributed by atoms with van der Waals surface area (Å²) in [5.74, 6) is 0.538.